The van der Waals surface area contributed by atoms with Crippen molar-refractivity contribution in [3.8, 4) is 16.9 Å². The third kappa shape index (κ3) is 3.72. The molecule has 0 aliphatic carbocycles. The number of carbonyl (C=O) groups excluding carboxylic acids is 1. The van der Waals surface area contributed by atoms with E-state index < -0.39 is 0 Å². The van der Waals surface area contributed by atoms with E-state index in [0.29, 0.717) is 35.9 Å². The number of nitrogens with one attached hydrogen (secondary N) is 1. The largest absolute Gasteiger partial charge is 0.490 e. The van der Waals surface area contributed by atoms with Gasteiger partial charge in [0.25, 0.3) is 5.91 Å². The maximum atomic E-state index is 13.0. The van der Waals surface area contributed by atoms with Crippen LogP contribution in [0.3, 0.4) is 0 Å². The number of fused-ring (bicyclic) bond motifs is 1. The van der Waals surface area contributed by atoms with Crippen LogP contribution in [0.2, 0.25) is 0 Å². The van der Waals surface area contributed by atoms with Crippen LogP contribution in [0.15, 0.2) is 72.9 Å². The Labute approximate surface area is 170 Å². The number of carbonyl (C=O) groups is 1. The lowest BCUT2D eigenvalue weighted by Crippen LogP contribution is -2.25. The molecule has 0 saturated heterocycles. The molecule has 1 amide bonds. The monoisotopic (exact) mass is 385 g/mol. The predicted octanol–water partition coefficient (Wildman–Crippen LogP) is 4.64. The summed E-state index contributed by atoms with van der Waals surface area (Å²) in [5, 5.41) is 3.06. The van der Waals surface area contributed by atoms with Crippen molar-refractivity contribution in [1.29, 1.82) is 0 Å². The minimum atomic E-state index is -0.161. The molecule has 2 aromatic carbocycles. The zero-order valence-corrected chi connectivity index (χ0v) is 16.6. The smallest absolute Gasteiger partial charge is 0.270 e. The van der Waals surface area contributed by atoms with Gasteiger partial charge in [-0.05, 0) is 42.7 Å². The Kier molecular flexibility index (Phi) is 5.29. The van der Waals surface area contributed by atoms with Gasteiger partial charge in [0.1, 0.15) is 5.69 Å². The molecule has 0 aliphatic heterocycles. The highest BCUT2D eigenvalue weighted by molar-refractivity contribution is 5.95. The average Bonchev–Trinajstić information content (AvgIpc) is 3.10. The lowest BCUT2D eigenvalue weighted by Gasteiger charge is -2.11. The van der Waals surface area contributed by atoms with Gasteiger partial charge >= 0.3 is 0 Å². The minimum Gasteiger partial charge on any atom is -0.490 e. The average molecular weight is 385 g/mol. The molecule has 5 heteroatoms. The van der Waals surface area contributed by atoms with E-state index in [9.17, 15) is 4.79 Å². The van der Waals surface area contributed by atoms with Gasteiger partial charge in [-0.2, -0.15) is 0 Å². The van der Waals surface area contributed by atoms with E-state index in [1.165, 1.54) is 0 Å². The second kappa shape index (κ2) is 8.19. The topological polar surface area (TPSA) is 55.6 Å². The first kappa shape index (κ1) is 18.7. The Bertz CT molecular complexity index is 1150. The van der Waals surface area contributed by atoms with Gasteiger partial charge in [0, 0.05) is 12.7 Å². The molecule has 2 aromatic heterocycles. The fourth-order valence-corrected chi connectivity index (χ4v) is 3.53. The summed E-state index contributed by atoms with van der Waals surface area (Å²) in [5.74, 6) is 0.512. The molecule has 0 bridgehead atoms. The predicted molar refractivity (Wildman–Crippen MR) is 114 cm³/mol. The van der Waals surface area contributed by atoms with Crippen molar-refractivity contribution in [2.75, 3.05) is 6.61 Å². The summed E-state index contributed by atoms with van der Waals surface area (Å²) in [6, 6.07) is 22.0. The lowest BCUT2D eigenvalue weighted by molar-refractivity contribution is 0.0944. The molecule has 4 rings (SSSR count). The number of nitrogens with zero attached hydrogens (tertiary/aromatic N) is 2. The van der Waals surface area contributed by atoms with Crippen molar-refractivity contribution in [2.24, 2.45) is 0 Å². The normalized spacial score (nSPS) is 10.8. The van der Waals surface area contributed by atoms with E-state index in [4.69, 9.17) is 4.74 Å². The molecule has 0 unspecified atom stereocenters. The Morgan fingerprint density at radius 1 is 1.03 bits per heavy atom. The Morgan fingerprint density at radius 3 is 2.59 bits per heavy atom. The van der Waals surface area contributed by atoms with Crippen molar-refractivity contribution in [1.82, 2.24) is 14.7 Å². The van der Waals surface area contributed by atoms with Gasteiger partial charge < -0.3 is 10.1 Å². The number of rotatable bonds is 6. The third-order valence-corrected chi connectivity index (χ3v) is 4.84. The van der Waals surface area contributed by atoms with Crippen molar-refractivity contribution in [2.45, 2.75) is 20.4 Å². The number of pyridine rings is 1. The second-order valence-electron chi connectivity index (χ2n) is 6.75. The maximum Gasteiger partial charge on any atom is 0.270 e. The number of aromatic nitrogens is 2. The Morgan fingerprint density at radius 2 is 1.79 bits per heavy atom. The molecule has 1 N–H and O–H groups in total. The SMILES string of the molecule is CCOc1cccn2c(C(=O)NCc3ccccc3-c3ccccc3)c(C)nc12. The van der Waals surface area contributed by atoms with Gasteiger partial charge in [-0.15, -0.1) is 0 Å². The number of amides is 1. The van der Waals surface area contributed by atoms with Crippen molar-refractivity contribution in [3.05, 3.63) is 89.9 Å². The maximum absolute atomic E-state index is 13.0. The van der Waals surface area contributed by atoms with Gasteiger partial charge in [-0.1, -0.05) is 54.6 Å². The van der Waals surface area contributed by atoms with Gasteiger partial charge in [-0.3, -0.25) is 9.20 Å². The molecule has 0 aliphatic rings. The van der Waals surface area contributed by atoms with Crippen molar-refractivity contribution in [3.63, 3.8) is 0 Å². The fraction of sp³-hybridized carbons (Fsp3) is 0.167. The fourth-order valence-electron chi connectivity index (χ4n) is 3.53. The van der Waals surface area contributed by atoms with Crippen LogP contribution >= 0.6 is 0 Å². The molecule has 0 spiro atoms. The molecule has 5 nitrogen and oxygen atoms in total. The summed E-state index contributed by atoms with van der Waals surface area (Å²) in [5.41, 5.74) is 5.16. The van der Waals surface area contributed by atoms with Crippen LogP contribution in [0.4, 0.5) is 0 Å². The van der Waals surface area contributed by atoms with E-state index in [1.807, 2.05) is 68.6 Å². The van der Waals surface area contributed by atoms with E-state index in [0.717, 1.165) is 16.7 Å². The Hall–Kier alpha value is -3.60. The summed E-state index contributed by atoms with van der Waals surface area (Å²) in [6.45, 7) is 4.75. The van der Waals surface area contributed by atoms with E-state index in [2.05, 4.69) is 28.5 Å². The highest BCUT2D eigenvalue weighted by Gasteiger charge is 2.19. The molecular formula is C24H23N3O2. The number of benzene rings is 2. The van der Waals surface area contributed by atoms with Crippen LogP contribution in [-0.2, 0) is 6.54 Å². The van der Waals surface area contributed by atoms with Crippen LogP contribution in [0, 0.1) is 6.92 Å². The number of ether oxygens (including phenoxy) is 1. The molecule has 0 saturated carbocycles. The van der Waals surface area contributed by atoms with Gasteiger partial charge in [0.05, 0.1) is 12.3 Å². The summed E-state index contributed by atoms with van der Waals surface area (Å²) in [4.78, 5) is 17.6. The number of hydrogen-bond donors (Lipinski definition) is 1. The zero-order valence-electron chi connectivity index (χ0n) is 16.6. The van der Waals surface area contributed by atoms with Crippen LogP contribution < -0.4 is 10.1 Å². The van der Waals surface area contributed by atoms with Crippen LogP contribution in [0.5, 0.6) is 5.75 Å². The second-order valence-corrected chi connectivity index (χ2v) is 6.75. The van der Waals surface area contributed by atoms with Crippen LogP contribution in [0.1, 0.15) is 28.7 Å². The first-order valence-electron chi connectivity index (χ1n) is 9.71. The molecule has 0 radical (unpaired) electrons. The third-order valence-electron chi connectivity index (χ3n) is 4.84. The standard InChI is InChI=1S/C24H23N3O2/c1-3-29-21-14-9-15-27-22(17(2)26-23(21)27)24(28)25-16-19-12-7-8-13-20(19)18-10-5-4-6-11-18/h4-15H,3,16H2,1-2H3,(H,25,28). The van der Waals surface area contributed by atoms with Crippen LogP contribution in [0.25, 0.3) is 16.8 Å². The van der Waals surface area contributed by atoms with Crippen molar-refractivity contribution >= 4 is 11.6 Å². The summed E-state index contributed by atoms with van der Waals surface area (Å²) >= 11 is 0. The molecule has 2 heterocycles. The van der Waals surface area contributed by atoms with Crippen LogP contribution in [-0.4, -0.2) is 21.9 Å². The lowest BCUT2D eigenvalue weighted by atomic mass is 10.00. The Balaban J connectivity index is 1.61. The molecule has 4 aromatic rings. The summed E-state index contributed by atoms with van der Waals surface area (Å²) in [6.07, 6.45) is 1.84. The highest BCUT2D eigenvalue weighted by Crippen LogP contribution is 2.24. The van der Waals surface area contributed by atoms with E-state index in [-0.39, 0.29) is 5.91 Å². The van der Waals surface area contributed by atoms with Gasteiger partial charge in [0.2, 0.25) is 0 Å². The number of hydrogen-bond acceptors (Lipinski definition) is 3. The molecule has 0 atom stereocenters. The summed E-state index contributed by atoms with van der Waals surface area (Å²) < 4.78 is 7.44. The first-order chi connectivity index (χ1) is 14.2. The van der Waals surface area contributed by atoms with Crippen molar-refractivity contribution < 1.29 is 9.53 Å². The molecule has 0 fully saturated rings. The zero-order chi connectivity index (χ0) is 20.2. The van der Waals surface area contributed by atoms with Gasteiger partial charge in [-0.25, -0.2) is 4.98 Å². The minimum absolute atomic E-state index is 0.161. The molecular weight excluding hydrogens is 362 g/mol. The number of imidazole rings is 1. The quantitative estimate of drug-likeness (QED) is 0.526. The van der Waals surface area contributed by atoms with E-state index in [1.54, 1.807) is 4.40 Å². The summed E-state index contributed by atoms with van der Waals surface area (Å²) in [7, 11) is 0. The van der Waals surface area contributed by atoms with E-state index >= 15 is 0 Å². The number of aryl methyl sites for hydroxylation is 1. The first-order valence-corrected chi connectivity index (χ1v) is 9.71. The molecule has 29 heavy (non-hydrogen) atoms. The molecule has 146 valence electrons. The van der Waals surface area contributed by atoms with Gasteiger partial charge in [0.15, 0.2) is 11.4 Å². The highest BCUT2D eigenvalue weighted by atomic mass is 16.5.